The largest absolute Gasteiger partial charge is 0.324 e. The summed E-state index contributed by atoms with van der Waals surface area (Å²) in [4.78, 5) is 12.4. The summed E-state index contributed by atoms with van der Waals surface area (Å²) in [5, 5.41) is 14.2. The molecule has 0 aliphatic carbocycles. The van der Waals surface area contributed by atoms with E-state index in [1.165, 1.54) is 0 Å². The quantitative estimate of drug-likeness (QED) is 0.772. The smallest absolute Gasteiger partial charge is 0.244 e. The van der Waals surface area contributed by atoms with Crippen LogP contribution in [-0.2, 0) is 4.79 Å². The van der Waals surface area contributed by atoms with Crippen molar-refractivity contribution in [2.24, 2.45) is 0 Å². The SMILES string of the molecule is CC1(C(=O)Nc2ccc3cn[nH]c3c2)CCCCN1. The van der Waals surface area contributed by atoms with Crippen molar-refractivity contribution in [2.75, 3.05) is 11.9 Å². The van der Waals surface area contributed by atoms with E-state index in [9.17, 15) is 4.79 Å². The molecule has 0 bridgehead atoms. The van der Waals surface area contributed by atoms with Crippen LogP contribution in [0.25, 0.3) is 10.9 Å². The Balaban J connectivity index is 1.78. The molecule has 1 atom stereocenters. The van der Waals surface area contributed by atoms with Crippen LogP contribution in [-0.4, -0.2) is 28.2 Å². The van der Waals surface area contributed by atoms with Crippen LogP contribution >= 0.6 is 0 Å². The minimum atomic E-state index is -0.457. The summed E-state index contributed by atoms with van der Waals surface area (Å²) in [6, 6.07) is 5.76. The van der Waals surface area contributed by atoms with Crippen LogP contribution in [0.2, 0.25) is 0 Å². The van der Waals surface area contributed by atoms with Crippen LogP contribution in [0.15, 0.2) is 24.4 Å². The standard InChI is InChI=1S/C14H18N4O/c1-14(6-2-3-7-15-14)13(19)17-11-5-4-10-9-16-18-12(10)8-11/h4-5,8-9,15H,2-3,6-7H2,1H3,(H,16,18)(H,17,19). The number of hydrogen-bond acceptors (Lipinski definition) is 3. The molecule has 1 amide bonds. The molecule has 1 unspecified atom stereocenters. The lowest BCUT2D eigenvalue weighted by Gasteiger charge is -2.33. The molecule has 0 saturated carbocycles. The molecule has 1 saturated heterocycles. The fraction of sp³-hybridized carbons (Fsp3) is 0.429. The molecule has 19 heavy (non-hydrogen) atoms. The lowest BCUT2D eigenvalue weighted by Crippen LogP contribution is -2.54. The number of aromatic amines is 1. The average molecular weight is 258 g/mol. The Morgan fingerprint density at radius 1 is 1.42 bits per heavy atom. The van der Waals surface area contributed by atoms with Gasteiger partial charge in [-0.1, -0.05) is 0 Å². The van der Waals surface area contributed by atoms with Crippen LogP contribution in [0.3, 0.4) is 0 Å². The third kappa shape index (κ3) is 2.33. The second kappa shape index (κ2) is 4.66. The number of aromatic nitrogens is 2. The number of H-pyrrole nitrogens is 1. The highest BCUT2D eigenvalue weighted by Crippen LogP contribution is 2.22. The third-order valence-corrected chi connectivity index (χ3v) is 3.82. The Hall–Kier alpha value is -1.88. The maximum Gasteiger partial charge on any atom is 0.244 e. The van der Waals surface area contributed by atoms with E-state index >= 15 is 0 Å². The van der Waals surface area contributed by atoms with Crippen LogP contribution in [0.5, 0.6) is 0 Å². The summed E-state index contributed by atoms with van der Waals surface area (Å²) < 4.78 is 0. The second-order valence-electron chi connectivity index (χ2n) is 5.34. The van der Waals surface area contributed by atoms with Gasteiger partial charge in [-0.25, -0.2) is 0 Å². The fourth-order valence-corrected chi connectivity index (χ4v) is 2.53. The lowest BCUT2D eigenvalue weighted by molar-refractivity contribution is -0.122. The molecule has 1 aromatic heterocycles. The van der Waals surface area contributed by atoms with Gasteiger partial charge in [-0.15, -0.1) is 0 Å². The van der Waals surface area contributed by atoms with Crippen molar-refractivity contribution in [3.05, 3.63) is 24.4 Å². The summed E-state index contributed by atoms with van der Waals surface area (Å²) in [6.07, 6.45) is 4.88. The molecule has 2 aromatic rings. The van der Waals surface area contributed by atoms with Crippen molar-refractivity contribution in [3.8, 4) is 0 Å². The van der Waals surface area contributed by atoms with Crippen molar-refractivity contribution in [2.45, 2.75) is 31.7 Å². The molecule has 0 spiro atoms. The Morgan fingerprint density at radius 2 is 2.32 bits per heavy atom. The zero-order valence-electron chi connectivity index (χ0n) is 11.0. The number of piperidine rings is 1. The zero-order chi connectivity index (χ0) is 13.3. The van der Waals surface area contributed by atoms with Gasteiger partial charge in [-0.05, 0) is 50.9 Å². The first-order chi connectivity index (χ1) is 9.17. The number of carbonyl (C=O) groups is 1. The highest BCUT2D eigenvalue weighted by Gasteiger charge is 2.34. The van der Waals surface area contributed by atoms with Crippen LogP contribution in [0, 0.1) is 0 Å². The molecule has 1 fully saturated rings. The third-order valence-electron chi connectivity index (χ3n) is 3.82. The maximum absolute atomic E-state index is 12.4. The molecule has 3 N–H and O–H groups in total. The molecular weight excluding hydrogens is 240 g/mol. The van der Waals surface area contributed by atoms with E-state index in [-0.39, 0.29) is 5.91 Å². The maximum atomic E-state index is 12.4. The molecule has 1 aliphatic rings. The van der Waals surface area contributed by atoms with E-state index in [2.05, 4.69) is 20.8 Å². The number of rotatable bonds is 2. The lowest BCUT2D eigenvalue weighted by atomic mass is 9.90. The van der Waals surface area contributed by atoms with Crippen molar-refractivity contribution < 1.29 is 4.79 Å². The van der Waals surface area contributed by atoms with Gasteiger partial charge in [-0.3, -0.25) is 9.89 Å². The summed E-state index contributed by atoms with van der Waals surface area (Å²) in [5.74, 6) is 0.0334. The predicted molar refractivity (Wildman–Crippen MR) is 75.0 cm³/mol. The van der Waals surface area contributed by atoms with Gasteiger partial charge in [0.05, 0.1) is 17.3 Å². The predicted octanol–water partition coefficient (Wildman–Crippen LogP) is 2.03. The molecule has 3 rings (SSSR count). The summed E-state index contributed by atoms with van der Waals surface area (Å²) in [6.45, 7) is 2.87. The highest BCUT2D eigenvalue weighted by atomic mass is 16.2. The van der Waals surface area contributed by atoms with E-state index in [1.807, 2.05) is 25.1 Å². The number of anilines is 1. The molecule has 100 valence electrons. The Bertz CT molecular complexity index is 598. The Morgan fingerprint density at radius 3 is 3.11 bits per heavy atom. The summed E-state index contributed by atoms with van der Waals surface area (Å²) in [7, 11) is 0. The monoisotopic (exact) mass is 258 g/mol. The molecule has 0 radical (unpaired) electrons. The normalized spacial score (nSPS) is 23.4. The molecule has 1 aromatic carbocycles. The Labute approximate surface area is 111 Å². The molecular formula is C14H18N4O. The van der Waals surface area contributed by atoms with E-state index in [0.717, 1.165) is 42.4 Å². The van der Waals surface area contributed by atoms with Crippen LogP contribution in [0.4, 0.5) is 5.69 Å². The van der Waals surface area contributed by atoms with Crippen molar-refractivity contribution in [1.29, 1.82) is 0 Å². The van der Waals surface area contributed by atoms with Gasteiger partial charge in [0.25, 0.3) is 0 Å². The van der Waals surface area contributed by atoms with Crippen molar-refractivity contribution in [1.82, 2.24) is 15.5 Å². The number of carbonyl (C=O) groups excluding carboxylic acids is 1. The van der Waals surface area contributed by atoms with Gasteiger partial charge in [0, 0.05) is 11.1 Å². The second-order valence-corrected chi connectivity index (χ2v) is 5.34. The molecule has 5 nitrogen and oxygen atoms in total. The number of benzene rings is 1. The fourth-order valence-electron chi connectivity index (χ4n) is 2.53. The number of amides is 1. The topological polar surface area (TPSA) is 69.8 Å². The van der Waals surface area contributed by atoms with Gasteiger partial charge in [0.15, 0.2) is 0 Å². The number of nitrogens with one attached hydrogen (secondary N) is 3. The van der Waals surface area contributed by atoms with E-state index < -0.39 is 5.54 Å². The molecule has 5 heteroatoms. The zero-order valence-corrected chi connectivity index (χ0v) is 11.0. The van der Waals surface area contributed by atoms with Crippen molar-refractivity contribution in [3.63, 3.8) is 0 Å². The van der Waals surface area contributed by atoms with E-state index in [0.29, 0.717) is 0 Å². The summed E-state index contributed by atoms with van der Waals surface area (Å²) in [5.41, 5.74) is 1.27. The first-order valence-corrected chi connectivity index (χ1v) is 6.67. The number of nitrogens with zero attached hydrogens (tertiary/aromatic N) is 1. The van der Waals surface area contributed by atoms with Crippen LogP contribution in [0.1, 0.15) is 26.2 Å². The van der Waals surface area contributed by atoms with Gasteiger partial charge < -0.3 is 10.6 Å². The minimum absolute atomic E-state index is 0.0334. The van der Waals surface area contributed by atoms with Gasteiger partial charge in [0.1, 0.15) is 0 Å². The first kappa shape index (κ1) is 12.2. The average Bonchev–Trinajstić information content (AvgIpc) is 2.87. The van der Waals surface area contributed by atoms with E-state index in [1.54, 1.807) is 6.20 Å². The number of hydrogen-bond donors (Lipinski definition) is 3. The summed E-state index contributed by atoms with van der Waals surface area (Å²) >= 11 is 0. The van der Waals surface area contributed by atoms with Crippen LogP contribution < -0.4 is 10.6 Å². The highest BCUT2D eigenvalue weighted by molar-refractivity contribution is 5.99. The van der Waals surface area contributed by atoms with Crippen molar-refractivity contribution >= 4 is 22.5 Å². The first-order valence-electron chi connectivity index (χ1n) is 6.67. The Kier molecular flexibility index (Phi) is 2.98. The van der Waals surface area contributed by atoms with Gasteiger partial charge in [-0.2, -0.15) is 5.10 Å². The number of fused-ring (bicyclic) bond motifs is 1. The molecule has 2 heterocycles. The van der Waals surface area contributed by atoms with Gasteiger partial charge in [0.2, 0.25) is 5.91 Å². The van der Waals surface area contributed by atoms with E-state index in [4.69, 9.17) is 0 Å². The minimum Gasteiger partial charge on any atom is -0.324 e. The van der Waals surface area contributed by atoms with Gasteiger partial charge >= 0.3 is 0 Å². The molecule has 1 aliphatic heterocycles.